The summed E-state index contributed by atoms with van der Waals surface area (Å²) in [6.45, 7) is 7.61. The van der Waals surface area contributed by atoms with Crippen LogP contribution < -0.4 is 4.74 Å². The average molecular weight is 429 g/mol. The minimum atomic E-state index is -3.56. The zero-order valence-electron chi connectivity index (χ0n) is 17.7. The number of carbonyl (C=O) groups excluding carboxylic acids is 1. The van der Waals surface area contributed by atoms with E-state index in [4.69, 9.17) is 4.74 Å². The van der Waals surface area contributed by atoms with Gasteiger partial charge in [0.15, 0.2) is 0 Å². The first-order valence-corrected chi connectivity index (χ1v) is 11.5. The third-order valence-electron chi connectivity index (χ3n) is 5.29. The summed E-state index contributed by atoms with van der Waals surface area (Å²) in [7, 11) is -3.56. The lowest BCUT2D eigenvalue weighted by atomic mass is 10.1. The van der Waals surface area contributed by atoms with Gasteiger partial charge in [-0.3, -0.25) is 4.79 Å². The van der Waals surface area contributed by atoms with Gasteiger partial charge in [-0.25, -0.2) is 8.42 Å². The number of para-hydroxylation sites is 1. The number of hydrogen-bond acceptors (Lipinski definition) is 4. The molecule has 2 aromatic rings. The molecule has 0 N–H and O–H groups in total. The van der Waals surface area contributed by atoms with Crippen LogP contribution in [0.2, 0.25) is 0 Å². The van der Waals surface area contributed by atoms with Crippen molar-refractivity contribution in [3.8, 4) is 5.75 Å². The summed E-state index contributed by atoms with van der Waals surface area (Å²) in [4.78, 5) is 14.6. The van der Waals surface area contributed by atoms with E-state index < -0.39 is 10.0 Å². The summed E-state index contributed by atoms with van der Waals surface area (Å²) in [6, 6.07) is 12.7. The molecule has 1 amide bonds. The summed E-state index contributed by atoms with van der Waals surface area (Å²) in [5.41, 5.74) is 2.84. The van der Waals surface area contributed by atoms with Crippen molar-refractivity contribution in [2.75, 3.05) is 32.8 Å². The topological polar surface area (TPSA) is 66.9 Å². The molecular formula is C23H28N2O4S. The van der Waals surface area contributed by atoms with Crippen LogP contribution in [0.1, 0.15) is 23.6 Å². The van der Waals surface area contributed by atoms with Gasteiger partial charge in [0.2, 0.25) is 15.9 Å². The summed E-state index contributed by atoms with van der Waals surface area (Å²) >= 11 is 0. The third-order valence-corrected chi connectivity index (χ3v) is 7.19. The minimum Gasteiger partial charge on any atom is -0.493 e. The Labute approximate surface area is 178 Å². The Kier molecular flexibility index (Phi) is 6.95. The molecule has 1 saturated heterocycles. The van der Waals surface area contributed by atoms with Crippen molar-refractivity contribution in [2.24, 2.45) is 0 Å². The highest BCUT2D eigenvalue weighted by Crippen LogP contribution is 2.22. The summed E-state index contributed by atoms with van der Waals surface area (Å²) in [6.07, 6.45) is 3.26. The van der Waals surface area contributed by atoms with Crippen molar-refractivity contribution in [2.45, 2.75) is 25.7 Å². The maximum absolute atomic E-state index is 12.9. The van der Waals surface area contributed by atoms with Crippen LogP contribution in [-0.2, 0) is 14.8 Å². The lowest BCUT2D eigenvalue weighted by Gasteiger charge is -2.33. The van der Waals surface area contributed by atoms with E-state index in [1.165, 1.54) is 10.4 Å². The maximum Gasteiger partial charge on any atom is 0.246 e. The summed E-state index contributed by atoms with van der Waals surface area (Å²) < 4.78 is 32.9. The number of piperazine rings is 1. The largest absolute Gasteiger partial charge is 0.493 e. The lowest BCUT2D eigenvalue weighted by molar-refractivity contribution is -0.127. The molecule has 2 aromatic carbocycles. The minimum absolute atomic E-state index is 0.135. The Morgan fingerprint density at radius 1 is 1.03 bits per heavy atom. The van der Waals surface area contributed by atoms with Crippen LogP contribution in [0.5, 0.6) is 5.75 Å². The molecule has 7 heteroatoms. The molecular weight excluding hydrogens is 400 g/mol. The number of aryl methyl sites for hydroxylation is 2. The molecule has 0 saturated carbocycles. The van der Waals surface area contributed by atoms with E-state index in [0.717, 1.165) is 22.4 Å². The fraction of sp³-hybridized carbons (Fsp3) is 0.348. The van der Waals surface area contributed by atoms with E-state index in [9.17, 15) is 13.2 Å². The number of amides is 1. The molecule has 1 heterocycles. The van der Waals surface area contributed by atoms with Crippen LogP contribution >= 0.6 is 0 Å². The number of sulfonamides is 1. The van der Waals surface area contributed by atoms with Gasteiger partial charge in [-0.1, -0.05) is 24.3 Å². The molecule has 0 aromatic heterocycles. The van der Waals surface area contributed by atoms with E-state index in [-0.39, 0.29) is 19.0 Å². The number of benzene rings is 2. The van der Waals surface area contributed by atoms with E-state index in [1.807, 2.05) is 51.1 Å². The fourth-order valence-electron chi connectivity index (χ4n) is 3.34. The van der Waals surface area contributed by atoms with Crippen LogP contribution in [0.25, 0.3) is 6.08 Å². The number of carbonyl (C=O) groups is 1. The van der Waals surface area contributed by atoms with Gasteiger partial charge in [-0.2, -0.15) is 4.31 Å². The molecule has 0 aliphatic carbocycles. The van der Waals surface area contributed by atoms with Gasteiger partial charge in [-0.05, 0) is 56.2 Å². The Morgan fingerprint density at radius 2 is 1.73 bits per heavy atom. The molecule has 0 bridgehead atoms. The van der Waals surface area contributed by atoms with Crippen LogP contribution in [0.3, 0.4) is 0 Å². The Balaban J connectivity index is 1.63. The number of hydrogen-bond donors (Lipinski definition) is 0. The highest BCUT2D eigenvalue weighted by atomic mass is 32.2. The van der Waals surface area contributed by atoms with Gasteiger partial charge in [0.1, 0.15) is 5.75 Å². The van der Waals surface area contributed by atoms with Crippen molar-refractivity contribution in [3.63, 3.8) is 0 Å². The summed E-state index contributed by atoms with van der Waals surface area (Å²) in [5, 5.41) is 0. The molecule has 3 rings (SSSR count). The molecule has 1 aliphatic rings. The zero-order chi connectivity index (χ0) is 21.7. The Bertz CT molecular complexity index is 1040. The standard InChI is InChI=1S/C23H28N2O4S/c1-4-29-22-8-6-5-7-20(22)10-12-23(26)24-13-15-25(16-14-24)30(27,28)21-11-9-18(2)19(3)17-21/h5-12,17H,4,13-16H2,1-3H3/b12-10+. The van der Waals surface area contributed by atoms with Crippen LogP contribution in [0.4, 0.5) is 0 Å². The van der Waals surface area contributed by atoms with Gasteiger partial charge in [0.05, 0.1) is 11.5 Å². The molecule has 0 spiro atoms. The summed E-state index contributed by atoms with van der Waals surface area (Å²) in [5.74, 6) is 0.595. The first kappa shape index (κ1) is 22.1. The first-order valence-electron chi connectivity index (χ1n) is 10.1. The first-order chi connectivity index (χ1) is 14.3. The number of nitrogens with zero attached hydrogens (tertiary/aromatic N) is 2. The van der Waals surface area contributed by atoms with Gasteiger partial charge in [-0.15, -0.1) is 0 Å². The Hall–Kier alpha value is -2.64. The van der Waals surface area contributed by atoms with Gasteiger partial charge in [0.25, 0.3) is 0 Å². The van der Waals surface area contributed by atoms with Crippen molar-refractivity contribution in [3.05, 3.63) is 65.2 Å². The van der Waals surface area contributed by atoms with Gasteiger partial charge < -0.3 is 9.64 Å². The third kappa shape index (κ3) is 4.91. The molecule has 30 heavy (non-hydrogen) atoms. The highest BCUT2D eigenvalue weighted by Gasteiger charge is 2.29. The van der Waals surface area contributed by atoms with Gasteiger partial charge >= 0.3 is 0 Å². The van der Waals surface area contributed by atoms with E-state index in [2.05, 4.69) is 0 Å². The van der Waals surface area contributed by atoms with Crippen molar-refractivity contribution >= 4 is 22.0 Å². The monoisotopic (exact) mass is 428 g/mol. The van der Waals surface area contributed by atoms with Crippen LogP contribution in [0, 0.1) is 13.8 Å². The van der Waals surface area contributed by atoms with Crippen molar-refractivity contribution in [1.29, 1.82) is 0 Å². The average Bonchev–Trinajstić information content (AvgIpc) is 2.75. The lowest BCUT2D eigenvalue weighted by Crippen LogP contribution is -2.50. The molecule has 1 aliphatic heterocycles. The zero-order valence-corrected chi connectivity index (χ0v) is 18.5. The normalized spacial score (nSPS) is 15.5. The Morgan fingerprint density at radius 3 is 2.40 bits per heavy atom. The predicted octanol–water partition coefficient (Wildman–Crippen LogP) is 3.25. The number of rotatable bonds is 6. The highest BCUT2D eigenvalue weighted by molar-refractivity contribution is 7.89. The van der Waals surface area contributed by atoms with Crippen molar-refractivity contribution < 1.29 is 17.9 Å². The molecule has 6 nitrogen and oxygen atoms in total. The van der Waals surface area contributed by atoms with E-state index >= 15 is 0 Å². The smallest absolute Gasteiger partial charge is 0.246 e. The van der Waals surface area contributed by atoms with Crippen LogP contribution in [0.15, 0.2) is 53.4 Å². The van der Waals surface area contributed by atoms with Crippen molar-refractivity contribution in [1.82, 2.24) is 9.21 Å². The predicted molar refractivity (Wildman–Crippen MR) is 118 cm³/mol. The molecule has 0 radical (unpaired) electrons. The molecule has 1 fully saturated rings. The number of ether oxygens (including phenoxy) is 1. The quantitative estimate of drug-likeness (QED) is 0.663. The second-order valence-corrected chi connectivity index (χ2v) is 9.22. The molecule has 0 atom stereocenters. The second-order valence-electron chi connectivity index (χ2n) is 7.28. The maximum atomic E-state index is 12.9. The second kappa shape index (κ2) is 9.45. The van der Waals surface area contributed by atoms with Gasteiger partial charge in [0, 0.05) is 37.8 Å². The van der Waals surface area contributed by atoms with Crippen LogP contribution in [-0.4, -0.2) is 56.3 Å². The molecule has 0 unspecified atom stereocenters. The fourth-order valence-corrected chi connectivity index (χ4v) is 4.85. The van der Waals surface area contributed by atoms with E-state index in [0.29, 0.717) is 24.6 Å². The SMILES string of the molecule is CCOc1ccccc1/C=C/C(=O)N1CCN(S(=O)(=O)c2ccc(C)c(C)c2)CC1. The molecule has 160 valence electrons. The van der Waals surface area contributed by atoms with E-state index in [1.54, 1.807) is 23.1 Å².